The summed E-state index contributed by atoms with van der Waals surface area (Å²) >= 11 is 0. The van der Waals surface area contributed by atoms with Crippen LogP contribution in [0.4, 0.5) is 0 Å². The number of aliphatic hydroxyl groups is 1. The Morgan fingerprint density at radius 2 is 2.00 bits per heavy atom. The maximum Gasteiger partial charge on any atom is 0.0610 e. The van der Waals surface area contributed by atoms with E-state index in [-0.39, 0.29) is 12.1 Å². The molecule has 0 aliphatic heterocycles. The van der Waals surface area contributed by atoms with Crippen molar-refractivity contribution in [2.45, 2.75) is 52.5 Å². The third-order valence-electron chi connectivity index (χ3n) is 2.81. The lowest BCUT2D eigenvalue weighted by molar-refractivity contribution is 0.103. The molecule has 3 nitrogen and oxygen atoms in total. The van der Waals surface area contributed by atoms with Crippen LogP contribution in [0.15, 0.2) is 0 Å². The van der Waals surface area contributed by atoms with E-state index >= 15 is 0 Å². The van der Waals surface area contributed by atoms with Crippen LogP contribution in [0, 0.1) is 5.92 Å². The van der Waals surface area contributed by atoms with E-state index in [1.54, 1.807) is 0 Å². The summed E-state index contributed by atoms with van der Waals surface area (Å²) in [4.78, 5) is 0. The molecule has 0 aliphatic carbocycles. The van der Waals surface area contributed by atoms with Crippen molar-refractivity contribution in [1.82, 2.24) is 5.32 Å². The molecule has 0 aromatic heterocycles. The third-order valence-corrected chi connectivity index (χ3v) is 2.81. The molecule has 0 saturated carbocycles. The van der Waals surface area contributed by atoms with E-state index in [1.807, 2.05) is 0 Å². The lowest BCUT2D eigenvalue weighted by Gasteiger charge is -2.28. The van der Waals surface area contributed by atoms with Crippen molar-refractivity contribution in [2.75, 3.05) is 26.4 Å². The summed E-state index contributed by atoms with van der Waals surface area (Å²) in [5.41, 5.74) is -0.143. The fourth-order valence-electron chi connectivity index (χ4n) is 1.64. The Morgan fingerprint density at radius 1 is 1.31 bits per heavy atom. The van der Waals surface area contributed by atoms with Crippen LogP contribution in [0.2, 0.25) is 0 Å². The smallest absolute Gasteiger partial charge is 0.0610 e. The Balaban J connectivity index is 3.48. The third kappa shape index (κ3) is 8.08. The van der Waals surface area contributed by atoms with Crippen molar-refractivity contribution in [3.05, 3.63) is 0 Å². The van der Waals surface area contributed by atoms with E-state index in [1.165, 1.54) is 0 Å². The number of nitrogens with one attached hydrogen (secondary N) is 1. The van der Waals surface area contributed by atoms with Gasteiger partial charge in [-0.05, 0) is 38.6 Å². The molecule has 0 amide bonds. The summed E-state index contributed by atoms with van der Waals surface area (Å²) in [5.74, 6) is 0.712. The highest BCUT2D eigenvalue weighted by atomic mass is 16.5. The maximum atomic E-state index is 9.29. The van der Waals surface area contributed by atoms with E-state index in [9.17, 15) is 5.11 Å². The highest BCUT2D eigenvalue weighted by Gasteiger charge is 2.20. The molecule has 0 fully saturated rings. The van der Waals surface area contributed by atoms with Crippen LogP contribution in [0.3, 0.4) is 0 Å². The first-order chi connectivity index (χ1) is 7.54. The second-order valence-electron chi connectivity index (χ2n) is 5.15. The van der Waals surface area contributed by atoms with Crippen LogP contribution in [-0.4, -0.2) is 37.0 Å². The number of hydrogen-bond donors (Lipinski definition) is 2. The van der Waals surface area contributed by atoms with Gasteiger partial charge in [0.2, 0.25) is 0 Å². The zero-order chi connectivity index (χ0) is 12.4. The summed E-state index contributed by atoms with van der Waals surface area (Å²) < 4.78 is 5.55. The normalized spacial score (nSPS) is 15.4. The topological polar surface area (TPSA) is 41.5 Å². The molecule has 0 saturated heterocycles. The summed E-state index contributed by atoms with van der Waals surface area (Å²) in [5, 5.41) is 12.6. The van der Waals surface area contributed by atoms with Crippen molar-refractivity contribution in [1.29, 1.82) is 0 Å². The molecule has 0 heterocycles. The Labute approximate surface area is 101 Å². The standard InChI is InChI=1S/C13H29NO2/c1-5-14-13(4,11-15)8-6-9-16-10-7-12(2)3/h12,14-15H,5-11H2,1-4H3. The van der Waals surface area contributed by atoms with Gasteiger partial charge in [0.25, 0.3) is 0 Å². The van der Waals surface area contributed by atoms with E-state index < -0.39 is 0 Å². The van der Waals surface area contributed by atoms with E-state index in [0.717, 1.165) is 39.0 Å². The molecule has 98 valence electrons. The second-order valence-corrected chi connectivity index (χ2v) is 5.15. The van der Waals surface area contributed by atoms with Crippen LogP contribution >= 0.6 is 0 Å². The number of hydrogen-bond acceptors (Lipinski definition) is 3. The Kier molecular flexibility index (Phi) is 8.90. The number of aliphatic hydroxyl groups excluding tert-OH is 1. The van der Waals surface area contributed by atoms with Crippen LogP contribution in [0.25, 0.3) is 0 Å². The first-order valence-corrected chi connectivity index (χ1v) is 6.47. The van der Waals surface area contributed by atoms with Crippen molar-refractivity contribution in [2.24, 2.45) is 5.92 Å². The van der Waals surface area contributed by atoms with Crippen LogP contribution < -0.4 is 5.32 Å². The molecule has 0 aromatic carbocycles. The summed E-state index contributed by atoms with van der Waals surface area (Å²) in [6.07, 6.45) is 3.09. The highest BCUT2D eigenvalue weighted by molar-refractivity contribution is 4.81. The molecular formula is C13H29NO2. The zero-order valence-corrected chi connectivity index (χ0v) is 11.4. The molecule has 1 atom stereocenters. The van der Waals surface area contributed by atoms with Gasteiger partial charge in [-0.25, -0.2) is 0 Å². The van der Waals surface area contributed by atoms with E-state index in [2.05, 4.69) is 33.0 Å². The summed E-state index contributed by atoms with van der Waals surface area (Å²) in [7, 11) is 0. The van der Waals surface area contributed by atoms with Crippen molar-refractivity contribution in [3.8, 4) is 0 Å². The molecular weight excluding hydrogens is 202 g/mol. The Morgan fingerprint density at radius 3 is 2.50 bits per heavy atom. The predicted molar refractivity (Wildman–Crippen MR) is 68.7 cm³/mol. The maximum absolute atomic E-state index is 9.29. The van der Waals surface area contributed by atoms with Crippen molar-refractivity contribution in [3.63, 3.8) is 0 Å². The summed E-state index contributed by atoms with van der Waals surface area (Å²) in [6.45, 7) is 11.3. The molecule has 0 rings (SSSR count). The van der Waals surface area contributed by atoms with Gasteiger partial charge in [-0.2, -0.15) is 0 Å². The zero-order valence-electron chi connectivity index (χ0n) is 11.4. The largest absolute Gasteiger partial charge is 0.394 e. The number of likely N-dealkylation sites (N-methyl/N-ethyl adjacent to an activating group) is 1. The highest BCUT2D eigenvalue weighted by Crippen LogP contribution is 2.11. The average Bonchev–Trinajstić information content (AvgIpc) is 2.23. The molecule has 2 N–H and O–H groups in total. The Hall–Kier alpha value is -0.120. The van der Waals surface area contributed by atoms with Crippen LogP contribution in [0.1, 0.15) is 47.0 Å². The molecule has 0 aliphatic rings. The Bertz CT molecular complexity index is 162. The number of ether oxygens (including phenoxy) is 1. The second kappa shape index (κ2) is 8.97. The van der Waals surface area contributed by atoms with E-state index in [0.29, 0.717) is 5.92 Å². The van der Waals surface area contributed by atoms with Gasteiger partial charge in [-0.3, -0.25) is 0 Å². The van der Waals surface area contributed by atoms with Crippen LogP contribution in [-0.2, 0) is 4.74 Å². The average molecular weight is 231 g/mol. The fourth-order valence-corrected chi connectivity index (χ4v) is 1.64. The predicted octanol–water partition coefficient (Wildman–Crippen LogP) is 2.19. The first-order valence-electron chi connectivity index (χ1n) is 6.47. The SMILES string of the molecule is CCNC(C)(CO)CCCOCCC(C)C. The summed E-state index contributed by atoms with van der Waals surface area (Å²) in [6, 6.07) is 0. The van der Waals surface area contributed by atoms with Gasteiger partial charge >= 0.3 is 0 Å². The van der Waals surface area contributed by atoms with Gasteiger partial charge in [-0.1, -0.05) is 20.8 Å². The molecule has 16 heavy (non-hydrogen) atoms. The number of rotatable bonds is 10. The molecule has 0 bridgehead atoms. The van der Waals surface area contributed by atoms with Gasteiger partial charge in [-0.15, -0.1) is 0 Å². The fraction of sp³-hybridized carbons (Fsp3) is 1.00. The van der Waals surface area contributed by atoms with Gasteiger partial charge in [0.1, 0.15) is 0 Å². The first kappa shape index (κ1) is 15.9. The molecule has 0 aromatic rings. The molecule has 1 unspecified atom stereocenters. The molecule has 0 spiro atoms. The van der Waals surface area contributed by atoms with Gasteiger partial charge in [0, 0.05) is 18.8 Å². The van der Waals surface area contributed by atoms with Crippen molar-refractivity contribution < 1.29 is 9.84 Å². The lowest BCUT2D eigenvalue weighted by atomic mass is 9.97. The monoisotopic (exact) mass is 231 g/mol. The van der Waals surface area contributed by atoms with E-state index in [4.69, 9.17) is 4.74 Å². The molecule has 3 heteroatoms. The molecule has 0 radical (unpaired) electrons. The minimum atomic E-state index is -0.143. The van der Waals surface area contributed by atoms with Gasteiger partial charge in [0.15, 0.2) is 0 Å². The van der Waals surface area contributed by atoms with Crippen LogP contribution in [0.5, 0.6) is 0 Å². The minimum Gasteiger partial charge on any atom is -0.394 e. The van der Waals surface area contributed by atoms with Crippen molar-refractivity contribution >= 4 is 0 Å². The lowest BCUT2D eigenvalue weighted by Crippen LogP contribution is -2.45. The quantitative estimate of drug-likeness (QED) is 0.566. The van der Waals surface area contributed by atoms with Gasteiger partial charge < -0.3 is 15.2 Å². The van der Waals surface area contributed by atoms with Gasteiger partial charge in [0.05, 0.1) is 6.61 Å². The minimum absolute atomic E-state index is 0.143.